The van der Waals surface area contributed by atoms with E-state index in [2.05, 4.69) is 300 Å². The van der Waals surface area contributed by atoms with E-state index in [0.29, 0.717) is 0 Å². The van der Waals surface area contributed by atoms with Gasteiger partial charge in [0, 0.05) is 87.4 Å². The third-order valence-electron chi connectivity index (χ3n) is 18.9. The lowest BCUT2D eigenvalue weighted by Gasteiger charge is -2.29. The van der Waals surface area contributed by atoms with E-state index in [9.17, 15) is 0 Å². The van der Waals surface area contributed by atoms with Crippen LogP contribution in [0.3, 0.4) is 0 Å². The van der Waals surface area contributed by atoms with Gasteiger partial charge >= 0.3 is 0 Å². The molecule has 0 spiro atoms. The molecule has 0 aliphatic carbocycles. The molecule has 0 N–H and O–H groups in total. The molecule has 6 nitrogen and oxygen atoms in total. The monoisotopic (exact) mass is 1110 g/mol. The molecule has 0 saturated heterocycles. The Morgan fingerprint density at radius 3 is 1.24 bits per heavy atom. The van der Waals surface area contributed by atoms with E-state index >= 15 is 0 Å². The van der Waals surface area contributed by atoms with Crippen LogP contribution in [0, 0.1) is 20.8 Å². The van der Waals surface area contributed by atoms with Crippen molar-refractivity contribution in [3.8, 4) is 22.3 Å². The minimum atomic E-state index is 0.854. The van der Waals surface area contributed by atoms with E-state index in [-0.39, 0.29) is 0 Å². The highest BCUT2D eigenvalue weighted by molar-refractivity contribution is 6.29. The molecule has 19 aromatic rings. The Balaban J connectivity index is 0.850. The molecule has 0 amide bonds. The molecule has 0 unspecified atom stereocenters. The number of hydrogen-bond acceptors (Lipinski definition) is 4. The number of furan rings is 2. The first-order valence-electron chi connectivity index (χ1n) is 30.0. The van der Waals surface area contributed by atoms with Crippen LogP contribution in [0.1, 0.15) is 16.7 Å². The molecule has 0 aliphatic heterocycles. The SMILES string of the molecule is Cc1ccc(-c2ccccc2)cc1N(c1ccc2c3cccc4c5cc6c(cc5n(c2c1)c34)c1cccc2c3ccc(N(c4cc(-c5ccccc5)ccc4C)c4c(C)ccc5c4oc4ccccc45)cc3n6c21)c1cccc2c1oc1ccccc12. The van der Waals surface area contributed by atoms with Crippen molar-refractivity contribution in [1.82, 2.24) is 8.80 Å². The van der Waals surface area contributed by atoms with E-state index in [1.54, 1.807) is 0 Å². The van der Waals surface area contributed by atoms with Crippen LogP contribution >= 0.6 is 0 Å². The lowest BCUT2D eigenvalue weighted by molar-refractivity contribution is 0.668. The number of hydrogen-bond donors (Lipinski definition) is 0. The van der Waals surface area contributed by atoms with Crippen LogP contribution in [0.5, 0.6) is 0 Å². The van der Waals surface area contributed by atoms with Crippen molar-refractivity contribution in [2.24, 2.45) is 0 Å². The average molecular weight is 1110 g/mol. The van der Waals surface area contributed by atoms with Gasteiger partial charge in [-0.1, -0.05) is 194 Å². The van der Waals surface area contributed by atoms with Crippen LogP contribution in [0.2, 0.25) is 0 Å². The maximum Gasteiger partial charge on any atom is 0.159 e. The lowest BCUT2D eigenvalue weighted by atomic mass is 10.00. The molecule has 0 atom stereocenters. The second-order valence-electron chi connectivity index (χ2n) is 23.7. The van der Waals surface area contributed by atoms with Crippen molar-refractivity contribution < 1.29 is 8.83 Å². The predicted molar refractivity (Wildman–Crippen MR) is 365 cm³/mol. The molecule has 0 aliphatic rings. The molecular formula is C81H52N4O2. The Morgan fingerprint density at radius 2 is 0.678 bits per heavy atom. The van der Waals surface area contributed by atoms with Crippen molar-refractivity contribution in [3.63, 3.8) is 0 Å². The first kappa shape index (κ1) is 48.1. The summed E-state index contributed by atoms with van der Waals surface area (Å²) in [5, 5.41) is 14.2. The smallest absolute Gasteiger partial charge is 0.159 e. The first-order valence-corrected chi connectivity index (χ1v) is 30.0. The quantitative estimate of drug-likeness (QED) is 0.152. The van der Waals surface area contributed by atoms with Gasteiger partial charge in [0.05, 0.1) is 44.5 Å². The van der Waals surface area contributed by atoms with Crippen molar-refractivity contribution in [3.05, 3.63) is 278 Å². The van der Waals surface area contributed by atoms with Gasteiger partial charge in [-0.25, -0.2) is 0 Å². The summed E-state index contributed by atoms with van der Waals surface area (Å²) >= 11 is 0. The van der Waals surface area contributed by atoms with Gasteiger partial charge in [-0.15, -0.1) is 0 Å². The van der Waals surface area contributed by atoms with E-state index in [0.717, 1.165) is 117 Å². The van der Waals surface area contributed by atoms with Crippen LogP contribution in [0.25, 0.3) is 142 Å². The second kappa shape index (κ2) is 17.8. The van der Waals surface area contributed by atoms with Crippen LogP contribution in [-0.4, -0.2) is 8.80 Å². The van der Waals surface area contributed by atoms with E-state index in [1.807, 2.05) is 0 Å². The van der Waals surface area contributed by atoms with Crippen molar-refractivity contribution in [1.29, 1.82) is 0 Å². The molecule has 0 radical (unpaired) electrons. The zero-order valence-corrected chi connectivity index (χ0v) is 47.9. The van der Waals surface area contributed by atoms with Gasteiger partial charge in [0.2, 0.25) is 0 Å². The Bertz CT molecular complexity index is 6060. The third-order valence-corrected chi connectivity index (χ3v) is 18.9. The Kier molecular flexibility index (Phi) is 9.86. The fourth-order valence-electron chi connectivity index (χ4n) is 14.9. The van der Waals surface area contributed by atoms with E-state index < -0.39 is 0 Å². The number of rotatable bonds is 8. The fraction of sp³-hybridized carbons (Fsp3) is 0.0370. The largest absolute Gasteiger partial charge is 0.454 e. The first-order chi connectivity index (χ1) is 42.9. The zero-order valence-electron chi connectivity index (χ0n) is 47.9. The third kappa shape index (κ3) is 6.75. The van der Waals surface area contributed by atoms with E-state index in [4.69, 9.17) is 8.83 Å². The van der Waals surface area contributed by atoms with Crippen molar-refractivity contribution in [2.45, 2.75) is 20.8 Å². The average Bonchev–Trinajstić information content (AvgIpc) is 1.55. The summed E-state index contributed by atoms with van der Waals surface area (Å²) in [6, 6.07) is 95.7. The highest BCUT2D eigenvalue weighted by Gasteiger charge is 2.28. The number of aromatic nitrogens is 2. The van der Waals surface area contributed by atoms with Gasteiger partial charge < -0.3 is 27.4 Å². The van der Waals surface area contributed by atoms with Crippen LogP contribution in [0.15, 0.2) is 270 Å². The number of benzene rings is 13. The highest BCUT2D eigenvalue weighted by atomic mass is 16.3. The van der Waals surface area contributed by atoms with E-state index in [1.165, 1.54) is 76.3 Å². The summed E-state index contributed by atoms with van der Waals surface area (Å²) in [4.78, 5) is 4.88. The molecule has 6 heteroatoms. The normalized spacial score (nSPS) is 12.3. The zero-order chi connectivity index (χ0) is 57.3. The molecule has 87 heavy (non-hydrogen) atoms. The summed E-state index contributed by atoms with van der Waals surface area (Å²) in [5.41, 5.74) is 25.0. The molecule has 19 rings (SSSR count). The second-order valence-corrected chi connectivity index (χ2v) is 23.7. The molecule has 6 heterocycles. The maximum absolute atomic E-state index is 6.94. The van der Waals surface area contributed by atoms with Crippen LogP contribution in [-0.2, 0) is 0 Å². The summed E-state index contributed by atoms with van der Waals surface area (Å²) < 4.78 is 18.9. The number of fused-ring (bicyclic) bond motifs is 18. The lowest BCUT2D eigenvalue weighted by Crippen LogP contribution is -2.13. The molecule has 408 valence electrons. The minimum Gasteiger partial charge on any atom is -0.454 e. The van der Waals surface area contributed by atoms with Gasteiger partial charge in [0.1, 0.15) is 11.2 Å². The van der Waals surface area contributed by atoms with Gasteiger partial charge in [0.15, 0.2) is 11.2 Å². The Labute approximate surface area is 499 Å². The number of anilines is 6. The van der Waals surface area contributed by atoms with Gasteiger partial charge in [-0.2, -0.15) is 0 Å². The van der Waals surface area contributed by atoms with Gasteiger partial charge in [-0.05, 0) is 126 Å². The Hall–Kier alpha value is -11.3. The molecule has 0 bridgehead atoms. The summed E-state index contributed by atoms with van der Waals surface area (Å²) in [5.74, 6) is 0. The minimum absolute atomic E-state index is 0.854. The molecule has 0 fully saturated rings. The number of para-hydroxylation sites is 5. The summed E-state index contributed by atoms with van der Waals surface area (Å²) in [7, 11) is 0. The highest BCUT2D eigenvalue weighted by Crippen LogP contribution is 2.51. The van der Waals surface area contributed by atoms with Crippen molar-refractivity contribution in [2.75, 3.05) is 9.80 Å². The summed E-state index contributed by atoms with van der Waals surface area (Å²) in [6.07, 6.45) is 0. The Morgan fingerprint density at radius 1 is 0.264 bits per heavy atom. The van der Waals surface area contributed by atoms with Crippen LogP contribution in [0.4, 0.5) is 34.1 Å². The molecule has 13 aromatic carbocycles. The molecular weight excluding hydrogens is 1060 g/mol. The maximum atomic E-state index is 6.94. The van der Waals surface area contributed by atoms with Gasteiger partial charge in [-0.3, -0.25) is 0 Å². The number of nitrogens with zero attached hydrogens (tertiary/aromatic N) is 4. The van der Waals surface area contributed by atoms with Crippen molar-refractivity contribution >= 4 is 154 Å². The fourth-order valence-corrected chi connectivity index (χ4v) is 14.9. The molecule has 6 aromatic heterocycles. The standard InChI is InChI=1S/C81H52N4O2/c1-47-31-34-52(50-17-6-4-7-18-50)41-69(47)82(68-28-16-27-64-58-21-10-12-29-75(58)86-80(64)68)54-36-39-56-60-23-14-25-62-66-46-74-67(45-73(66)84(78(60)62)71(56)43-54)63-26-15-24-61-57-40-37-55(44-72(57)85(74)79(61)63)83(70-42-53(35-32-48(70)2)51-19-8-5-9-20-51)77-49(3)33-38-65-59-22-11-13-30-76(59)87-81(65)77/h4-46H,1-3H3. The molecule has 0 saturated carbocycles. The van der Waals surface area contributed by atoms with Gasteiger partial charge in [0.25, 0.3) is 0 Å². The number of aryl methyl sites for hydroxylation is 3. The topological polar surface area (TPSA) is 41.6 Å². The van der Waals surface area contributed by atoms with Crippen LogP contribution < -0.4 is 9.80 Å². The predicted octanol–water partition coefficient (Wildman–Crippen LogP) is 23.0. The summed E-state index contributed by atoms with van der Waals surface area (Å²) in [6.45, 7) is 6.65.